The van der Waals surface area contributed by atoms with Gasteiger partial charge in [-0.1, -0.05) is 6.07 Å². The molecule has 6 rings (SSSR count). The molecule has 8 nitrogen and oxygen atoms in total. The van der Waals surface area contributed by atoms with Gasteiger partial charge in [-0.2, -0.15) is 0 Å². The highest BCUT2D eigenvalue weighted by Crippen LogP contribution is 2.38. The van der Waals surface area contributed by atoms with E-state index in [9.17, 15) is 0 Å². The highest BCUT2D eigenvalue weighted by molar-refractivity contribution is 7.16. The number of nitrogens with zero attached hydrogens (tertiary/aromatic N) is 4. The zero-order valence-electron chi connectivity index (χ0n) is 22.3. The molecule has 9 heteroatoms. The molecule has 39 heavy (non-hydrogen) atoms. The minimum Gasteiger partial charge on any atom is -0.497 e. The minimum absolute atomic E-state index is 0.311. The first-order valence-corrected chi connectivity index (χ1v) is 13.9. The summed E-state index contributed by atoms with van der Waals surface area (Å²) in [5.74, 6) is 2.98. The van der Waals surface area contributed by atoms with Gasteiger partial charge in [0, 0.05) is 42.0 Å². The molecule has 0 atom stereocenters. The van der Waals surface area contributed by atoms with Crippen LogP contribution in [0.5, 0.6) is 17.2 Å². The summed E-state index contributed by atoms with van der Waals surface area (Å²) in [7, 11) is 4.99. The Kier molecular flexibility index (Phi) is 7.17. The van der Waals surface area contributed by atoms with Crippen molar-refractivity contribution in [3.63, 3.8) is 0 Å². The fraction of sp³-hybridized carbons (Fsp3) is 0.300. The van der Waals surface area contributed by atoms with Gasteiger partial charge in [-0.25, -0.2) is 4.98 Å². The Hall–Kier alpha value is -3.95. The molecule has 5 aromatic rings. The van der Waals surface area contributed by atoms with Crippen LogP contribution in [0.25, 0.3) is 32.2 Å². The van der Waals surface area contributed by atoms with Crippen molar-refractivity contribution < 1.29 is 14.2 Å². The lowest BCUT2D eigenvalue weighted by molar-refractivity contribution is 0.211. The number of ether oxygens (including phenoxy) is 3. The Morgan fingerprint density at radius 3 is 2.46 bits per heavy atom. The van der Waals surface area contributed by atoms with Crippen molar-refractivity contribution in [2.75, 3.05) is 39.7 Å². The Balaban J connectivity index is 1.23. The third-order valence-electron chi connectivity index (χ3n) is 7.38. The second kappa shape index (κ2) is 11.0. The van der Waals surface area contributed by atoms with Crippen molar-refractivity contribution in [3.8, 4) is 28.5 Å². The van der Waals surface area contributed by atoms with E-state index in [-0.39, 0.29) is 0 Å². The van der Waals surface area contributed by atoms with Gasteiger partial charge in [-0.15, -0.1) is 21.5 Å². The third kappa shape index (κ3) is 5.20. The number of anilines is 1. The van der Waals surface area contributed by atoms with E-state index in [1.165, 1.54) is 10.3 Å². The summed E-state index contributed by atoms with van der Waals surface area (Å²) < 4.78 is 17.9. The van der Waals surface area contributed by atoms with Crippen LogP contribution in [0.15, 0.2) is 60.1 Å². The van der Waals surface area contributed by atoms with Gasteiger partial charge in [0.05, 0.1) is 37.1 Å². The maximum absolute atomic E-state index is 5.64. The highest BCUT2D eigenvalue weighted by atomic mass is 32.1. The van der Waals surface area contributed by atoms with Crippen LogP contribution in [-0.4, -0.2) is 60.5 Å². The molecule has 0 saturated carbocycles. The van der Waals surface area contributed by atoms with E-state index in [4.69, 9.17) is 14.2 Å². The van der Waals surface area contributed by atoms with E-state index in [2.05, 4.69) is 43.6 Å². The smallest absolute Gasteiger partial charge is 0.156 e. The van der Waals surface area contributed by atoms with Crippen molar-refractivity contribution in [1.82, 2.24) is 20.1 Å². The predicted octanol–water partition coefficient (Wildman–Crippen LogP) is 6.01. The Bertz CT molecular complexity index is 1610. The molecule has 0 radical (unpaired) electrons. The van der Waals surface area contributed by atoms with E-state index < -0.39 is 0 Å². The van der Waals surface area contributed by atoms with Crippen LogP contribution < -0.4 is 19.5 Å². The number of aromatic nitrogens is 3. The number of benzene rings is 3. The Morgan fingerprint density at radius 1 is 0.872 bits per heavy atom. The maximum atomic E-state index is 5.64. The van der Waals surface area contributed by atoms with Crippen molar-refractivity contribution >= 4 is 38.1 Å². The molecule has 0 aliphatic carbocycles. The standard InChI is InChI=1S/C30H31N5O3S/c1-36-21-5-7-23-24(15-21)30(34-33-29(23)25-16-22(37-2)6-9-27(25)38-3)32-20-10-12-35(13-11-20)17-19-4-8-26-28(14-19)39-18-31-26/h4-9,14-16,18,20H,10-13,17H2,1-3H3,(H,32,34). The van der Waals surface area contributed by atoms with Crippen LogP contribution in [0.2, 0.25) is 0 Å². The number of hydrogen-bond donors (Lipinski definition) is 1. The lowest BCUT2D eigenvalue weighted by Gasteiger charge is -2.32. The summed E-state index contributed by atoms with van der Waals surface area (Å²) >= 11 is 1.70. The first-order valence-electron chi connectivity index (χ1n) is 13.0. The largest absolute Gasteiger partial charge is 0.497 e. The molecule has 1 saturated heterocycles. The molecule has 0 amide bonds. The maximum Gasteiger partial charge on any atom is 0.156 e. The third-order valence-corrected chi connectivity index (χ3v) is 8.17. The van der Waals surface area contributed by atoms with Gasteiger partial charge in [0.15, 0.2) is 5.82 Å². The van der Waals surface area contributed by atoms with Crippen molar-refractivity contribution in [2.45, 2.75) is 25.4 Å². The van der Waals surface area contributed by atoms with Gasteiger partial charge in [-0.3, -0.25) is 4.90 Å². The van der Waals surface area contributed by atoms with Crippen molar-refractivity contribution in [3.05, 3.63) is 65.7 Å². The minimum atomic E-state index is 0.311. The molecule has 200 valence electrons. The first-order chi connectivity index (χ1) is 19.1. The normalized spacial score (nSPS) is 14.5. The number of thiazole rings is 1. The van der Waals surface area contributed by atoms with Crippen molar-refractivity contribution in [2.24, 2.45) is 0 Å². The summed E-state index contributed by atoms with van der Waals surface area (Å²) in [6.45, 7) is 3.00. The second-order valence-electron chi connectivity index (χ2n) is 9.72. The van der Waals surface area contributed by atoms with Crippen LogP contribution in [0, 0.1) is 0 Å². The van der Waals surface area contributed by atoms with Crippen LogP contribution in [0.1, 0.15) is 18.4 Å². The average molecular weight is 542 g/mol. The highest BCUT2D eigenvalue weighted by Gasteiger charge is 2.22. The summed E-state index contributed by atoms with van der Waals surface area (Å²) in [5.41, 5.74) is 5.89. The van der Waals surface area contributed by atoms with E-state index in [1.807, 2.05) is 41.9 Å². The summed E-state index contributed by atoms with van der Waals surface area (Å²) in [5, 5.41) is 15.0. The molecule has 2 aromatic heterocycles. The fourth-order valence-electron chi connectivity index (χ4n) is 5.25. The van der Waals surface area contributed by atoms with Gasteiger partial charge in [0.25, 0.3) is 0 Å². The Labute approximate surface area is 231 Å². The van der Waals surface area contributed by atoms with E-state index in [0.29, 0.717) is 11.8 Å². The monoisotopic (exact) mass is 541 g/mol. The van der Waals surface area contributed by atoms with E-state index >= 15 is 0 Å². The molecule has 0 unspecified atom stereocenters. The van der Waals surface area contributed by atoms with Gasteiger partial charge in [0.2, 0.25) is 0 Å². The summed E-state index contributed by atoms with van der Waals surface area (Å²) in [4.78, 5) is 6.91. The average Bonchev–Trinajstić information content (AvgIpc) is 3.46. The molecule has 1 fully saturated rings. The predicted molar refractivity (Wildman–Crippen MR) is 156 cm³/mol. The Morgan fingerprint density at radius 2 is 1.67 bits per heavy atom. The number of rotatable bonds is 8. The number of likely N-dealkylation sites (tertiary alicyclic amines) is 1. The van der Waals surface area contributed by atoms with E-state index in [0.717, 1.165) is 77.3 Å². The lowest BCUT2D eigenvalue weighted by atomic mass is 10.0. The van der Waals surface area contributed by atoms with Gasteiger partial charge in [-0.05, 0) is 66.9 Å². The summed E-state index contributed by atoms with van der Waals surface area (Å²) in [6.07, 6.45) is 2.06. The van der Waals surface area contributed by atoms with Crippen LogP contribution in [0.4, 0.5) is 5.82 Å². The second-order valence-corrected chi connectivity index (χ2v) is 10.6. The van der Waals surface area contributed by atoms with Gasteiger partial charge < -0.3 is 19.5 Å². The van der Waals surface area contributed by atoms with Crippen LogP contribution in [0.3, 0.4) is 0 Å². The molecular formula is C30H31N5O3S. The first kappa shape index (κ1) is 25.3. The van der Waals surface area contributed by atoms with Crippen LogP contribution >= 0.6 is 11.3 Å². The molecule has 1 aliphatic rings. The topological polar surface area (TPSA) is 81.6 Å². The molecule has 1 N–H and O–H groups in total. The van der Waals surface area contributed by atoms with Crippen molar-refractivity contribution in [1.29, 1.82) is 0 Å². The molecular weight excluding hydrogens is 510 g/mol. The molecule has 3 aromatic carbocycles. The molecule has 0 spiro atoms. The zero-order valence-corrected chi connectivity index (χ0v) is 23.1. The number of methoxy groups -OCH3 is 3. The lowest BCUT2D eigenvalue weighted by Crippen LogP contribution is -2.38. The number of fused-ring (bicyclic) bond motifs is 2. The molecule has 1 aliphatic heterocycles. The van der Waals surface area contributed by atoms with E-state index in [1.54, 1.807) is 32.7 Å². The zero-order chi connectivity index (χ0) is 26.8. The molecule has 3 heterocycles. The number of hydrogen-bond acceptors (Lipinski definition) is 9. The molecule has 0 bridgehead atoms. The number of piperidine rings is 1. The summed E-state index contributed by atoms with van der Waals surface area (Å²) in [6, 6.07) is 18.6. The number of nitrogens with one attached hydrogen (secondary N) is 1. The SMILES string of the molecule is COc1ccc(OC)c(-c2nnc(NC3CCN(Cc4ccc5ncsc5c4)CC3)c3cc(OC)ccc23)c1. The van der Waals surface area contributed by atoms with Gasteiger partial charge >= 0.3 is 0 Å². The quantitative estimate of drug-likeness (QED) is 0.256. The van der Waals surface area contributed by atoms with Crippen LogP contribution in [-0.2, 0) is 6.54 Å². The van der Waals surface area contributed by atoms with Gasteiger partial charge in [0.1, 0.15) is 22.9 Å². The fourth-order valence-corrected chi connectivity index (χ4v) is 5.99.